The van der Waals surface area contributed by atoms with E-state index in [9.17, 15) is 4.79 Å². The summed E-state index contributed by atoms with van der Waals surface area (Å²) in [5, 5.41) is 3.54. The predicted octanol–water partition coefficient (Wildman–Crippen LogP) is 1.69. The molecule has 0 atom stereocenters. The van der Waals surface area contributed by atoms with Crippen molar-refractivity contribution < 1.29 is 9.32 Å². The largest absolute Gasteiger partial charge is 0.361 e. The fraction of sp³-hybridized carbons (Fsp3) is 0.500. The molecule has 0 fully saturated rings. The lowest BCUT2D eigenvalue weighted by Crippen LogP contribution is -1.94. The quantitative estimate of drug-likeness (QED) is 0.620. The minimum Gasteiger partial charge on any atom is -0.361 e. The number of nitrogens with zero attached hydrogens (tertiary/aromatic N) is 1. The van der Waals surface area contributed by atoms with E-state index in [4.69, 9.17) is 4.52 Å². The van der Waals surface area contributed by atoms with Crippen LogP contribution in [0.1, 0.15) is 30.0 Å². The second-order valence-corrected chi connectivity index (χ2v) is 2.92. The summed E-state index contributed by atoms with van der Waals surface area (Å²) in [5.74, 6) is 1.18. The van der Waals surface area contributed by atoms with Crippen LogP contribution >= 0.6 is 0 Å². The van der Waals surface area contributed by atoms with Crippen molar-refractivity contribution in [3.05, 3.63) is 17.5 Å². The predicted molar refractivity (Wildman–Crippen MR) is 40.4 cm³/mol. The molecule has 1 aromatic rings. The van der Waals surface area contributed by atoms with Crippen molar-refractivity contribution in [2.75, 3.05) is 0 Å². The summed E-state index contributed by atoms with van der Waals surface area (Å²) in [6.07, 6.45) is 2.99. The molecule has 0 N–H and O–H groups in total. The van der Waals surface area contributed by atoms with Crippen LogP contribution in [-0.4, -0.2) is 11.4 Å². The van der Waals surface area contributed by atoms with Gasteiger partial charge in [0.1, 0.15) is 5.76 Å². The molecule has 0 aliphatic carbocycles. The summed E-state index contributed by atoms with van der Waals surface area (Å²) in [7, 11) is 0. The number of aldehydes is 1. The molecule has 0 saturated carbocycles. The van der Waals surface area contributed by atoms with E-state index in [1.807, 2.05) is 0 Å². The highest BCUT2D eigenvalue weighted by Gasteiger charge is 2.08. The highest BCUT2D eigenvalue weighted by Crippen LogP contribution is 2.10. The van der Waals surface area contributed by atoms with Crippen LogP contribution in [0.15, 0.2) is 10.7 Å². The Hall–Kier alpha value is -1.12. The first-order valence-electron chi connectivity index (χ1n) is 3.62. The number of carbonyl (C=O) groups excluding carboxylic acids is 1. The van der Waals surface area contributed by atoms with E-state index in [1.54, 1.807) is 0 Å². The van der Waals surface area contributed by atoms with Crippen LogP contribution in [0.25, 0.3) is 0 Å². The molecule has 0 amide bonds. The number of hydrogen-bond acceptors (Lipinski definition) is 3. The molecule has 0 bridgehead atoms. The molecule has 60 valence electrons. The maximum absolute atomic E-state index is 10.4. The normalized spacial score (nSPS) is 10.5. The van der Waals surface area contributed by atoms with Gasteiger partial charge in [0.15, 0.2) is 6.29 Å². The lowest BCUT2D eigenvalue weighted by Gasteiger charge is -1.98. The molecular weight excluding hydrogens is 142 g/mol. The smallest absolute Gasteiger partial charge is 0.155 e. The van der Waals surface area contributed by atoms with E-state index in [1.165, 1.54) is 6.20 Å². The Kier molecular flexibility index (Phi) is 2.41. The summed E-state index contributed by atoms with van der Waals surface area (Å²) in [5.41, 5.74) is 0.568. The molecule has 3 heteroatoms. The van der Waals surface area contributed by atoms with E-state index >= 15 is 0 Å². The Morgan fingerprint density at radius 2 is 2.45 bits per heavy atom. The van der Waals surface area contributed by atoms with Gasteiger partial charge in [0.05, 0.1) is 11.8 Å². The van der Waals surface area contributed by atoms with Crippen LogP contribution in [0.5, 0.6) is 0 Å². The zero-order valence-corrected chi connectivity index (χ0v) is 6.70. The van der Waals surface area contributed by atoms with Crippen molar-refractivity contribution in [2.45, 2.75) is 20.3 Å². The van der Waals surface area contributed by atoms with Crippen molar-refractivity contribution in [3.63, 3.8) is 0 Å². The summed E-state index contributed by atoms with van der Waals surface area (Å²) in [6, 6.07) is 0. The van der Waals surface area contributed by atoms with Gasteiger partial charge in [-0.25, -0.2) is 0 Å². The molecule has 1 rings (SSSR count). The SMILES string of the molecule is CC(C)Cc1oncc1C=O. The van der Waals surface area contributed by atoms with Crippen LogP contribution in [0.4, 0.5) is 0 Å². The van der Waals surface area contributed by atoms with Crippen molar-refractivity contribution >= 4 is 6.29 Å². The van der Waals surface area contributed by atoms with Crippen LogP contribution in [-0.2, 0) is 6.42 Å². The highest BCUT2D eigenvalue weighted by atomic mass is 16.5. The molecule has 0 saturated heterocycles. The van der Waals surface area contributed by atoms with Gasteiger partial charge in [0, 0.05) is 6.42 Å². The molecular formula is C8H11NO2. The van der Waals surface area contributed by atoms with E-state index in [0.717, 1.165) is 12.7 Å². The van der Waals surface area contributed by atoms with E-state index in [-0.39, 0.29) is 0 Å². The fourth-order valence-electron chi connectivity index (χ4n) is 0.894. The number of carbonyl (C=O) groups is 1. The van der Waals surface area contributed by atoms with Gasteiger partial charge in [0.2, 0.25) is 0 Å². The summed E-state index contributed by atoms with van der Waals surface area (Å²) < 4.78 is 4.89. The Balaban J connectivity index is 2.76. The third-order valence-corrected chi connectivity index (χ3v) is 1.40. The maximum Gasteiger partial charge on any atom is 0.155 e. The molecule has 0 unspecified atom stereocenters. The third-order valence-electron chi connectivity index (χ3n) is 1.40. The van der Waals surface area contributed by atoms with Gasteiger partial charge in [-0.05, 0) is 5.92 Å². The van der Waals surface area contributed by atoms with Gasteiger partial charge in [-0.15, -0.1) is 0 Å². The second-order valence-electron chi connectivity index (χ2n) is 2.92. The van der Waals surface area contributed by atoms with Gasteiger partial charge in [-0.1, -0.05) is 19.0 Å². The van der Waals surface area contributed by atoms with Crippen molar-refractivity contribution in [1.29, 1.82) is 0 Å². The van der Waals surface area contributed by atoms with Gasteiger partial charge in [-0.2, -0.15) is 0 Å². The van der Waals surface area contributed by atoms with Crippen LogP contribution < -0.4 is 0 Å². The van der Waals surface area contributed by atoms with Crippen LogP contribution in [0.2, 0.25) is 0 Å². The average molecular weight is 153 g/mol. The van der Waals surface area contributed by atoms with Crippen molar-refractivity contribution in [3.8, 4) is 0 Å². The lowest BCUT2D eigenvalue weighted by molar-refractivity contribution is 0.112. The second kappa shape index (κ2) is 3.32. The van der Waals surface area contributed by atoms with Crippen molar-refractivity contribution in [2.24, 2.45) is 5.92 Å². The average Bonchev–Trinajstić information content (AvgIpc) is 2.34. The van der Waals surface area contributed by atoms with Gasteiger partial charge < -0.3 is 4.52 Å². The molecule has 1 aromatic heterocycles. The number of rotatable bonds is 3. The van der Waals surface area contributed by atoms with E-state index in [2.05, 4.69) is 19.0 Å². The third kappa shape index (κ3) is 1.90. The lowest BCUT2D eigenvalue weighted by atomic mass is 10.1. The Morgan fingerprint density at radius 3 is 3.00 bits per heavy atom. The summed E-state index contributed by atoms with van der Waals surface area (Å²) >= 11 is 0. The highest BCUT2D eigenvalue weighted by molar-refractivity contribution is 5.75. The Labute approximate surface area is 65.4 Å². The zero-order valence-electron chi connectivity index (χ0n) is 6.70. The molecule has 3 nitrogen and oxygen atoms in total. The first-order chi connectivity index (χ1) is 5.24. The zero-order chi connectivity index (χ0) is 8.27. The summed E-state index contributed by atoms with van der Waals surface area (Å²) in [6.45, 7) is 4.13. The minimum atomic E-state index is 0.488. The minimum absolute atomic E-state index is 0.488. The van der Waals surface area contributed by atoms with E-state index < -0.39 is 0 Å². The number of hydrogen-bond donors (Lipinski definition) is 0. The number of aromatic nitrogens is 1. The van der Waals surface area contributed by atoms with Crippen LogP contribution in [0.3, 0.4) is 0 Å². The summed E-state index contributed by atoms with van der Waals surface area (Å²) in [4.78, 5) is 10.4. The molecule has 11 heavy (non-hydrogen) atoms. The van der Waals surface area contributed by atoms with Gasteiger partial charge in [-0.3, -0.25) is 4.79 Å². The molecule has 0 aliphatic rings. The molecule has 0 spiro atoms. The fourth-order valence-corrected chi connectivity index (χ4v) is 0.894. The van der Waals surface area contributed by atoms with Gasteiger partial charge >= 0.3 is 0 Å². The first-order valence-corrected chi connectivity index (χ1v) is 3.62. The van der Waals surface area contributed by atoms with E-state index in [0.29, 0.717) is 17.2 Å². The maximum atomic E-state index is 10.4. The van der Waals surface area contributed by atoms with Crippen LogP contribution in [0, 0.1) is 5.92 Å². The van der Waals surface area contributed by atoms with Gasteiger partial charge in [0.25, 0.3) is 0 Å². The molecule has 0 aromatic carbocycles. The molecule has 1 heterocycles. The molecule has 0 aliphatic heterocycles. The van der Waals surface area contributed by atoms with Crippen molar-refractivity contribution in [1.82, 2.24) is 5.16 Å². The first kappa shape index (κ1) is 7.98. The Morgan fingerprint density at radius 1 is 1.73 bits per heavy atom. The Bertz CT molecular complexity index is 240. The standard InChI is InChI=1S/C8H11NO2/c1-6(2)3-8-7(5-10)4-9-11-8/h4-6H,3H2,1-2H3. The topological polar surface area (TPSA) is 43.1 Å². The monoisotopic (exact) mass is 153 g/mol. The molecule has 0 radical (unpaired) electrons.